The van der Waals surface area contributed by atoms with Crippen LogP contribution in [0.3, 0.4) is 0 Å². The smallest absolute Gasteiger partial charge is 0.339 e. The van der Waals surface area contributed by atoms with Crippen molar-refractivity contribution in [1.29, 1.82) is 0 Å². The topological polar surface area (TPSA) is 110 Å². The molecule has 3 rings (SSSR count). The van der Waals surface area contributed by atoms with E-state index in [1.807, 2.05) is 13.0 Å². The molecule has 0 spiro atoms. The Morgan fingerprint density at radius 3 is 2.47 bits per heavy atom. The van der Waals surface area contributed by atoms with Gasteiger partial charge in [-0.15, -0.1) is 0 Å². The molecule has 0 radical (unpaired) electrons. The van der Waals surface area contributed by atoms with Gasteiger partial charge in [0.1, 0.15) is 11.2 Å². The van der Waals surface area contributed by atoms with E-state index in [1.54, 1.807) is 12.3 Å². The second-order valence-electron chi connectivity index (χ2n) is 9.29. The normalized spacial score (nSPS) is 11.9. The number of carbonyl (C=O) groups is 2. The molecule has 0 atom stereocenters. The summed E-state index contributed by atoms with van der Waals surface area (Å²) in [6.07, 6.45) is 4.46. The van der Waals surface area contributed by atoms with Crippen molar-refractivity contribution in [1.82, 2.24) is 5.32 Å². The summed E-state index contributed by atoms with van der Waals surface area (Å²) in [5, 5.41) is 13.3. The van der Waals surface area contributed by atoms with Crippen molar-refractivity contribution in [2.75, 3.05) is 6.54 Å². The molecule has 2 heterocycles. The van der Waals surface area contributed by atoms with E-state index < -0.39 is 11.6 Å². The first-order valence-electron chi connectivity index (χ1n) is 11.0. The molecule has 172 valence electrons. The predicted molar refractivity (Wildman–Crippen MR) is 123 cm³/mol. The van der Waals surface area contributed by atoms with Gasteiger partial charge < -0.3 is 19.3 Å². The second kappa shape index (κ2) is 9.59. The van der Waals surface area contributed by atoms with Crippen LogP contribution < -0.4 is 10.9 Å². The van der Waals surface area contributed by atoms with E-state index >= 15 is 0 Å². The first-order valence-corrected chi connectivity index (χ1v) is 11.0. The number of fused-ring (bicyclic) bond motifs is 2. The van der Waals surface area contributed by atoms with Gasteiger partial charge >= 0.3 is 11.6 Å². The fraction of sp³-hybridized carbons (Fsp3) is 0.480. The van der Waals surface area contributed by atoms with Crippen LogP contribution in [-0.2, 0) is 21.4 Å². The number of unbranched alkanes of at least 4 members (excludes halogenated alkanes) is 2. The van der Waals surface area contributed by atoms with Crippen LogP contribution in [-0.4, -0.2) is 23.5 Å². The van der Waals surface area contributed by atoms with Gasteiger partial charge in [0.25, 0.3) is 0 Å². The van der Waals surface area contributed by atoms with Crippen molar-refractivity contribution in [2.24, 2.45) is 0 Å². The maximum absolute atomic E-state index is 12.6. The highest BCUT2D eigenvalue weighted by Crippen LogP contribution is 2.35. The van der Waals surface area contributed by atoms with Crippen molar-refractivity contribution in [3.05, 3.63) is 45.5 Å². The minimum Gasteiger partial charge on any atom is -0.481 e. The largest absolute Gasteiger partial charge is 0.481 e. The third-order valence-electron chi connectivity index (χ3n) is 5.78. The fourth-order valence-electron chi connectivity index (χ4n) is 3.91. The Hall–Kier alpha value is -3.09. The molecule has 0 aliphatic carbocycles. The first kappa shape index (κ1) is 23.6. The minimum atomic E-state index is -0.804. The van der Waals surface area contributed by atoms with Crippen LogP contribution in [0, 0.1) is 6.92 Å². The van der Waals surface area contributed by atoms with E-state index in [4.69, 9.17) is 13.9 Å². The lowest BCUT2D eigenvalue weighted by Crippen LogP contribution is -2.25. The first-order chi connectivity index (χ1) is 15.1. The Morgan fingerprint density at radius 2 is 1.78 bits per heavy atom. The molecule has 0 aliphatic rings. The number of carbonyl (C=O) groups excluding carboxylic acids is 1. The van der Waals surface area contributed by atoms with Crippen molar-refractivity contribution in [3.63, 3.8) is 0 Å². The number of nitrogens with one attached hydrogen (secondary N) is 1. The maximum Gasteiger partial charge on any atom is 0.339 e. The number of carboxylic acids is 1. The molecule has 32 heavy (non-hydrogen) atoms. The monoisotopic (exact) mass is 441 g/mol. The lowest BCUT2D eigenvalue weighted by molar-refractivity contribution is -0.137. The van der Waals surface area contributed by atoms with Gasteiger partial charge in [0.2, 0.25) is 5.91 Å². The molecule has 7 heteroatoms. The molecule has 3 aromatic rings. The number of amides is 1. The summed E-state index contributed by atoms with van der Waals surface area (Å²) in [6.45, 7) is 8.75. The molecule has 0 unspecified atom stereocenters. The molecule has 0 saturated carbocycles. The Balaban J connectivity index is 1.71. The lowest BCUT2D eigenvalue weighted by Gasteiger charge is -2.16. The van der Waals surface area contributed by atoms with Crippen molar-refractivity contribution in [2.45, 2.75) is 71.6 Å². The van der Waals surface area contributed by atoms with Gasteiger partial charge in [-0.3, -0.25) is 9.59 Å². The number of hydrogen-bond donors (Lipinski definition) is 2. The molecular weight excluding hydrogens is 410 g/mol. The number of carboxylic acid groups (broad SMARTS) is 1. The molecule has 0 aliphatic heterocycles. The molecule has 7 nitrogen and oxygen atoms in total. The maximum atomic E-state index is 12.6. The third-order valence-corrected chi connectivity index (χ3v) is 5.78. The van der Waals surface area contributed by atoms with E-state index in [0.29, 0.717) is 36.1 Å². The predicted octanol–water partition coefficient (Wildman–Crippen LogP) is 4.84. The van der Waals surface area contributed by atoms with Gasteiger partial charge in [-0.2, -0.15) is 0 Å². The number of rotatable bonds is 9. The number of aliphatic carboxylic acids is 1. The number of hydrogen-bond acceptors (Lipinski definition) is 5. The Labute approximate surface area is 186 Å². The van der Waals surface area contributed by atoms with Crippen LogP contribution in [0.1, 0.15) is 69.6 Å². The van der Waals surface area contributed by atoms with Gasteiger partial charge in [0, 0.05) is 47.4 Å². The number of aryl methyl sites for hydroxylation is 1. The average molecular weight is 442 g/mol. The molecule has 2 aromatic heterocycles. The van der Waals surface area contributed by atoms with Crippen LogP contribution in [0.2, 0.25) is 0 Å². The SMILES string of the molecule is Cc1c(CCC(=O)NCCCCCC(=O)O)c(=O)oc2cc3occ(C(C)(C)C)c3cc12. The average Bonchev–Trinajstić information content (AvgIpc) is 3.12. The van der Waals surface area contributed by atoms with E-state index in [0.717, 1.165) is 34.7 Å². The molecule has 0 saturated heterocycles. The van der Waals surface area contributed by atoms with E-state index in [2.05, 4.69) is 26.1 Å². The highest BCUT2D eigenvalue weighted by Gasteiger charge is 2.21. The molecule has 1 aromatic carbocycles. The second-order valence-corrected chi connectivity index (χ2v) is 9.29. The van der Waals surface area contributed by atoms with Gasteiger partial charge in [-0.05, 0) is 43.2 Å². The minimum absolute atomic E-state index is 0.0863. The van der Waals surface area contributed by atoms with Crippen molar-refractivity contribution >= 4 is 33.8 Å². The summed E-state index contributed by atoms with van der Waals surface area (Å²) >= 11 is 0. The Bertz CT molecular complexity index is 1200. The lowest BCUT2D eigenvalue weighted by atomic mass is 9.86. The standard InChI is InChI=1S/C25H31NO6/c1-15-16(9-10-22(27)26-11-7-5-6-8-23(28)29)24(30)32-21-13-20-18(12-17(15)21)19(14-31-20)25(2,3)4/h12-14H,5-11H2,1-4H3,(H,26,27)(H,28,29). The zero-order valence-corrected chi connectivity index (χ0v) is 19.2. The van der Waals surface area contributed by atoms with Gasteiger partial charge in [0.15, 0.2) is 0 Å². The van der Waals surface area contributed by atoms with Crippen LogP contribution in [0.5, 0.6) is 0 Å². The molecule has 0 bridgehead atoms. The summed E-state index contributed by atoms with van der Waals surface area (Å²) in [4.78, 5) is 35.3. The highest BCUT2D eigenvalue weighted by molar-refractivity contribution is 5.96. The Kier molecular flexibility index (Phi) is 7.06. The number of benzene rings is 1. The Morgan fingerprint density at radius 1 is 1.03 bits per heavy atom. The van der Waals surface area contributed by atoms with Crippen LogP contribution in [0.15, 0.2) is 32.0 Å². The van der Waals surface area contributed by atoms with Crippen molar-refractivity contribution in [3.8, 4) is 0 Å². The third kappa shape index (κ3) is 5.39. The van der Waals surface area contributed by atoms with Crippen LogP contribution in [0.4, 0.5) is 0 Å². The fourth-order valence-corrected chi connectivity index (χ4v) is 3.91. The highest BCUT2D eigenvalue weighted by atomic mass is 16.4. The summed E-state index contributed by atoms with van der Waals surface area (Å²) in [6, 6.07) is 3.77. The summed E-state index contributed by atoms with van der Waals surface area (Å²) in [5.41, 5.74) is 3.05. The van der Waals surface area contributed by atoms with E-state index in [9.17, 15) is 14.4 Å². The number of furan rings is 1. The summed E-state index contributed by atoms with van der Waals surface area (Å²) in [5.74, 6) is -0.941. The van der Waals surface area contributed by atoms with Crippen LogP contribution >= 0.6 is 0 Å². The van der Waals surface area contributed by atoms with Crippen LogP contribution in [0.25, 0.3) is 21.9 Å². The van der Waals surface area contributed by atoms with E-state index in [1.165, 1.54) is 0 Å². The van der Waals surface area contributed by atoms with Gasteiger partial charge in [-0.1, -0.05) is 27.2 Å². The van der Waals surface area contributed by atoms with Gasteiger partial charge in [0.05, 0.1) is 6.26 Å². The molecule has 2 N–H and O–H groups in total. The van der Waals surface area contributed by atoms with Gasteiger partial charge in [-0.25, -0.2) is 4.79 Å². The van der Waals surface area contributed by atoms with Crippen molar-refractivity contribution < 1.29 is 23.5 Å². The molecule has 0 fully saturated rings. The van der Waals surface area contributed by atoms with E-state index in [-0.39, 0.29) is 24.2 Å². The zero-order chi connectivity index (χ0) is 23.5. The molecule has 1 amide bonds. The summed E-state index contributed by atoms with van der Waals surface area (Å²) < 4.78 is 11.3. The quantitative estimate of drug-likeness (QED) is 0.363. The molecular formula is C25H31NO6. The summed E-state index contributed by atoms with van der Waals surface area (Å²) in [7, 11) is 0. The zero-order valence-electron chi connectivity index (χ0n) is 19.2.